The molecule has 2 heterocycles. The summed E-state index contributed by atoms with van der Waals surface area (Å²) < 4.78 is 11.4. The van der Waals surface area contributed by atoms with Gasteiger partial charge in [-0.25, -0.2) is 0 Å². The summed E-state index contributed by atoms with van der Waals surface area (Å²) in [4.78, 5) is 26.2. The van der Waals surface area contributed by atoms with E-state index >= 15 is 0 Å². The molecule has 1 aliphatic carbocycles. The zero-order valence-corrected chi connectivity index (χ0v) is 16.0. The molecule has 1 aromatic rings. The summed E-state index contributed by atoms with van der Waals surface area (Å²) in [6.45, 7) is 3.98. The normalized spacial score (nSPS) is 23.3. The Bertz CT molecular complexity index is 727. The number of fused-ring (bicyclic) bond motifs is 1. The van der Waals surface area contributed by atoms with Gasteiger partial charge in [0, 0.05) is 25.4 Å². The SMILES string of the molecule is CC(=O)N1CCCC1C(=O)NCC1(c2ccc3c(c2)OCCO3)CCCC1. The molecule has 0 aromatic heterocycles. The van der Waals surface area contributed by atoms with E-state index in [1.54, 1.807) is 11.8 Å². The maximum absolute atomic E-state index is 12.8. The van der Waals surface area contributed by atoms with Crippen LogP contribution in [0, 0.1) is 0 Å². The number of amides is 2. The third kappa shape index (κ3) is 3.49. The molecule has 3 aliphatic rings. The summed E-state index contributed by atoms with van der Waals surface area (Å²) in [5.41, 5.74) is 1.14. The lowest BCUT2D eigenvalue weighted by molar-refractivity contribution is -0.137. The molecule has 2 fully saturated rings. The molecule has 6 nitrogen and oxygen atoms in total. The highest BCUT2D eigenvalue weighted by molar-refractivity contribution is 5.87. The minimum atomic E-state index is -0.318. The van der Waals surface area contributed by atoms with Crippen molar-refractivity contribution in [2.75, 3.05) is 26.3 Å². The van der Waals surface area contributed by atoms with Gasteiger partial charge in [0.15, 0.2) is 11.5 Å². The van der Waals surface area contributed by atoms with Crippen molar-refractivity contribution in [3.8, 4) is 11.5 Å². The maximum Gasteiger partial charge on any atom is 0.242 e. The molecule has 0 spiro atoms. The number of hydrogen-bond acceptors (Lipinski definition) is 4. The van der Waals surface area contributed by atoms with E-state index in [0.29, 0.717) is 26.3 Å². The molecule has 1 atom stereocenters. The number of likely N-dealkylation sites (tertiary alicyclic amines) is 1. The van der Waals surface area contributed by atoms with Gasteiger partial charge in [0.25, 0.3) is 0 Å². The second-order valence-corrected chi connectivity index (χ2v) is 7.93. The van der Waals surface area contributed by atoms with E-state index in [4.69, 9.17) is 9.47 Å². The van der Waals surface area contributed by atoms with E-state index in [1.165, 1.54) is 5.56 Å². The number of nitrogens with one attached hydrogen (secondary N) is 1. The molecule has 2 amide bonds. The number of carbonyl (C=O) groups excluding carboxylic acids is 2. The Labute approximate surface area is 160 Å². The fourth-order valence-corrected chi connectivity index (χ4v) is 4.78. The summed E-state index contributed by atoms with van der Waals surface area (Å²) in [5.74, 6) is 1.56. The predicted octanol–water partition coefficient (Wildman–Crippen LogP) is 2.40. The van der Waals surface area contributed by atoms with Gasteiger partial charge in [-0.15, -0.1) is 0 Å². The molecule has 2 aliphatic heterocycles. The number of benzene rings is 1. The Kier molecular flexibility index (Phi) is 4.98. The molecule has 4 rings (SSSR count). The standard InChI is InChI=1S/C21H28N2O4/c1-15(24)23-10-4-5-17(23)20(25)22-14-21(8-2-3-9-21)16-6-7-18-19(13-16)27-12-11-26-18/h6-7,13,17H,2-5,8-12,14H2,1H3,(H,22,25). The summed E-state index contributed by atoms with van der Waals surface area (Å²) >= 11 is 0. The highest BCUT2D eigenvalue weighted by Crippen LogP contribution is 2.43. The number of nitrogens with zero attached hydrogens (tertiary/aromatic N) is 1. The smallest absolute Gasteiger partial charge is 0.242 e. The van der Waals surface area contributed by atoms with Crippen LogP contribution in [0.4, 0.5) is 0 Å². The summed E-state index contributed by atoms with van der Waals surface area (Å²) in [7, 11) is 0. The third-order valence-electron chi connectivity index (χ3n) is 6.28. The molecular formula is C21H28N2O4. The maximum atomic E-state index is 12.8. The van der Waals surface area contributed by atoms with Crippen LogP contribution in [0.15, 0.2) is 18.2 Å². The Morgan fingerprint density at radius 2 is 1.89 bits per heavy atom. The van der Waals surface area contributed by atoms with Gasteiger partial charge in [-0.05, 0) is 43.4 Å². The van der Waals surface area contributed by atoms with Gasteiger partial charge in [0.2, 0.25) is 11.8 Å². The molecule has 1 saturated heterocycles. The van der Waals surface area contributed by atoms with Gasteiger partial charge in [0.1, 0.15) is 19.3 Å². The minimum Gasteiger partial charge on any atom is -0.486 e. The average molecular weight is 372 g/mol. The quantitative estimate of drug-likeness (QED) is 0.881. The van der Waals surface area contributed by atoms with Gasteiger partial charge >= 0.3 is 0 Å². The zero-order chi connectivity index (χ0) is 18.9. The first-order valence-corrected chi connectivity index (χ1v) is 10.0. The molecule has 1 aromatic carbocycles. The van der Waals surface area contributed by atoms with Crippen LogP contribution in [-0.4, -0.2) is 49.1 Å². The number of carbonyl (C=O) groups is 2. The van der Waals surface area contributed by atoms with Crippen molar-refractivity contribution in [3.63, 3.8) is 0 Å². The summed E-state index contributed by atoms with van der Waals surface area (Å²) in [6, 6.07) is 5.87. The monoisotopic (exact) mass is 372 g/mol. The first kappa shape index (κ1) is 18.1. The fourth-order valence-electron chi connectivity index (χ4n) is 4.78. The van der Waals surface area contributed by atoms with E-state index in [1.807, 2.05) is 6.07 Å². The van der Waals surface area contributed by atoms with Crippen molar-refractivity contribution in [1.82, 2.24) is 10.2 Å². The lowest BCUT2D eigenvalue weighted by atomic mass is 9.78. The molecule has 6 heteroatoms. The van der Waals surface area contributed by atoms with Crippen LogP contribution in [0.1, 0.15) is 51.0 Å². The minimum absolute atomic E-state index is 0.0185. The molecule has 146 valence electrons. The average Bonchev–Trinajstić information content (AvgIpc) is 3.36. The Hall–Kier alpha value is -2.24. The second kappa shape index (κ2) is 7.41. The van der Waals surface area contributed by atoms with E-state index in [-0.39, 0.29) is 23.3 Å². The van der Waals surface area contributed by atoms with Crippen molar-refractivity contribution < 1.29 is 19.1 Å². The Balaban J connectivity index is 1.49. The molecule has 0 radical (unpaired) electrons. The van der Waals surface area contributed by atoms with Gasteiger partial charge < -0.3 is 19.7 Å². The van der Waals surface area contributed by atoms with Crippen molar-refractivity contribution in [3.05, 3.63) is 23.8 Å². The van der Waals surface area contributed by atoms with Crippen LogP contribution in [0.5, 0.6) is 11.5 Å². The van der Waals surface area contributed by atoms with Crippen LogP contribution >= 0.6 is 0 Å². The number of hydrogen-bond donors (Lipinski definition) is 1. The Morgan fingerprint density at radius 1 is 1.15 bits per heavy atom. The second-order valence-electron chi connectivity index (χ2n) is 7.93. The van der Waals surface area contributed by atoms with Crippen molar-refractivity contribution in [2.24, 2.45) is 0 Å². The summed E-state index contributed by atoms with van der Waals surface area (Å²) in [5, 5.41) is 3.17. The molecule has 1 unspecified atom stereocenters. The molecule has 1 saturated carbocycles. The van der Waals surface area contributed by atoms with E-state index in [2.05, 4.69) is 17.4 Å². The molecule has 0 bridgehead atoms. The predicted molar refractivity (Wildman–Crippen MR) is 101 cm³/mol. The fraction of sp³-hybridized carbons (Fsp3) is 0.619. The first-order valence-electron chi connectivity index (χ1n) is 10.0. The van der Waals surface area contributed by atoms with Crippen molar-refractivity contribution in [2.45, 2.75) is 56.9 Å². The van der Waals surface area contributed by atoms with Gasteiger partial charge in [-0.3, -0.25) is 9.59 Å². The van der Waals surface area contributed by atoms with Crippen LogP contribution < -0.4 is 14.8 Å². The van der Waals surface area contributed by atoms with Crippen molar-refractivity contribution in [1.29, 1.82) is 0 Å². The van der Waals surface area contributed by atoms with Gasteiger partial charge in [-0.1, -0.05) is 18.9 Å². The van der Waals surface area contributed by atoms with Gasteiger partial charge in [0.05, 0.1) is 0 Å². The largest absolute Gasteiger partial charge is 0.486 e. The Morgan fingerprint density at radius 3 is 2.63 bits per heavy atom. The van der Waals surface area contributed by atoms with Crippen molar-refractivity contribution >= 4 is 11.8 Å². The highest BCUT2D eigenvalue weighted by atomic mass is 16.6. The van der Waals surface area contributed by atoms with Crippen LogP contribution in [0.2, 0.25) is 0 Å². The van der Waals surface area contributed by atoms with Crippen LogP contribution in [0.3, 0.4) is 0 Å². The number of ether oxygens (including phenoxy) is 2. The van der Waals surface area contributed by atoms with Gasteiger partial charge in [-0.2, -0.15) is 0 Å². The van der Waals surface area contributed by atoms with E-state index in [9.17, 15) is 9.59 Å². The summed E-state index contributed by atoms with van der Waals surface area (Å²) in [6.07, 6.45) is 6.07. The number of rotatable bonds is 4. The topological polar surface area (TPSA) is 67.9 Å². The zero-order valence-electron chi connectivity index (χ0n) is 16.0. The van der Waals surface area contributed by atoms with E-state index in [0.717, 1.165) is 50.0 Å². The highest BCUT2D eigenvalue weighted by Gasteiger charge is 2.39. The lowest BCUT2D eigenvalue weighted by Gasteiger charge is -2.32. The molecular weight excluding hydrogens is 344 g/mol. The molecule has 27 heavy (non-hydrogen) atoms. The molecule has 1 N–H and O–H groups in total. The van der Waals surface area contributed by atoms with Crippen LogP contribution in [-0.2, 0) is 15.0 Å². The third-order valence-corrected chi connectivity index (χ3v) is 6.28. The van der Waals surface area contributed by atoms with Crippen LogP contribution in [0.25, 0.3) is 0 Å². The van der Waals surface area contributed by atoms with E-state index < -0.39 is 0 Å². The lowest BCUT2D eigenvalue weighted by Crippen LogP contribution is -2.48. The first-order chi connectivity index (χ1) is 13.1.